The number of thiophene rings is 1. The van der Waals surface area contributed by atoms with Crippen LogP contribution in [0.2, 0.25) is 5.02 Å². The van der Waals surface area contributed by atoms with Crippen molar-refractivity contribution in [3.8, 4) is 0 Å². The Morgan fingerprint density at radius 3 is 2.95 bits per heavy atom. The van der Waals surface area contributed by atoms with E-state index in [0.29, 0.717) is 6.54 Å². The number of aromatic nitrogens is 3. The highest BCUT2D eigenvalue weighted by molar-refractivity contribution is 9.09. The van der Waals surface area contributed by atoms with Crippen LogP contribution in [0.4, 0.5) is 0 Å². The summed E-state index contributed by atoms with van der Waals surface area (Å²) in [7, 11) is 0. The van der Waals surface area contributed by atoms with Gasteiger partial charge in [-0.2, -0.15) is 0 Å². The lowest BCUT2D eigenvalue weighted by Crippen LogP contribution is -1.98. The summed E-state index contributed by atoms with van der Waals surface area (Å²) in [4.78, 5) is 1.12. The van der Waals surface area contributed by atoms with Crippen LogP contribution in [0.5, 0.6) is 0 Å². The lowest BCUT2D eigenvalue weighted by atomic mass is 10.2. The summed E-state index contributed by atoms with van der Waals surface area (Å²) in [6.45, 7) is 0.674. The largest absolute Gasteiger partial charge is 0.247 e. The summed E-state index contributed by atoms with van der Waals surface area (Å²) in [5.74, 6) is 0. The van der Waals surface area contributed by atoms with Crippen LogP contribution in [0, 0.1) is 0 Å². The number of alkyl halides is 1. The third-order valence-electron chi connectivity index (χ3n) is 2.84. The average molecular weight is 357 g/mol. The van der Waals surface area contributed by atoms with Crippen LogP contribution in [0.25, 0.3) is 10.1 Å². The molecular formula is C13H11BrClN3S. The van der Waals surface area contributed by atoms with Crippen molar-refractivity contribution >= 4 is 49.0 Å². The molecule has 2 heterocycles. The zero-order chi connectivity index (χ0) is 13.2. The quantitative estimate of drug-likeness (QED) is 0.658. The first kappa shape index (κ1) is 13.1. The van der Waals surface area contributed by atoms with Gasteiger partial charge in [0, 0.05) is 32.9 Å². The van der Waals surface area contributed by atoms with Crippen LogP contribution in [0.15, 0.2) is 30.5 Å². The van der Waals surface area contributed by atoms with Gasteiger partial charge in [0.15, 0.2) is 0 Å². The van der Waals surface area contributed by atoms with Gasteiger partial charge in [0.2, 0.25) is 0 Å². The number of fused-ring (bicyclic) bond motifs is 1. The molecule has 0 aliphatic carbocycles. The predicted molar refractivity (Wildman–Crippen MR) is 83.5 cm³/mol. The Morgan fingerprint density at radius 1 is 1.32 bits per heavy atom. The van der Waals surface area contributed by atoms with Crippen LogP contribution < -0.4 is 0 Å². The zero-order valence-corrected chi connectivity index (χ0v) is 13.2. The predicted octanol–water partition coefficient (Wildman–Crippen LogP) is 4.13. The van der Waals surface area contributed by atoms with Gasteiger partial charge in [0.25, 0.3) is 0 Å². The fourth-order valence-corrected chi connectivity index (χ4v) is 3.83. The molecule has 0 bridgehead atoms. The summed E-state index contributed by atoms with van der Waals surface area (Å²) in [5.41, 5.74) is 0.995. The Kier molecular flexibility index (Phi) is 3.86. The molecule has 3 aromatic rings. The molecule has 0 unspecified atom stereocenters. The number of rotatable bonds is 4. The Hall–Kier alpha value is -0.910. The third-order valence-corrected chi connectivity index (χ3v) is 4.94. The minimum atomic E-state index is 0.674. The third kappa shape index (κ3) is 2.68. The average Bonchev–Trinajstić information content (AvgIpc) is 2.97. The van der Waals surface area contributed by atoms with Crippen molar-refractivity contribution in [2.24, 2.45) is 0 Å². The van der Waals surface area contributed by atoms with Crippen molar-refractivity contribution in [3.05, 3.63) is 46.1 Å². The van der Waals surface area contributed by atoms with E-state index in [4.69, 9.17) is 11.6 Å². The van der Waals surface area contributed by atoms with Gasteiger partial charge >= 0.3 is 0 Å². The standard InChI is InChI=1S/C13H11BrClN3S/c14-6-5-9-7-18(17-16-9)8-12-13(15)10-3-1-2-4-11(10)19-12/h1-4,7H,5-6,8H2. The molecule has 0 amide bonds. The van der Waals surface area contributed by atoms with Gasteiger partial charge < -0.3 is 0 Å². The molecule has 0 spiro atoms. The summed E-state index contributed by atoms with van der Waals surface area (Å²) in [6.07, 6.45) is 2.86. The van der Waals surface area contributed by atoms with E-state index in [2.05, 4.69) is 38.4 Å². The van der Waals surface area contributed by atoms with Crippen molar-refractivity contribution in [2.75, 3.05) is 5.33 Å². The molecule has 0 aliphatic rings. The number of halogens is 2. The second-order valence-electron chi connectivity index (χ2n) is 4.18. The van der Waals surface area contributed by atoms with E-state index in [9.17, 15) is 0 Å². The highest BCUT2D eigenvalue weighted by Crippen LogP contribution is 2.35. The highest BCUT2D eigenvalue weighted by Gasteiger charge is 2.11. The van der Waals surface area contributed by atoms with Gasteiger partial charge in [-0.1, -0.05) is 50.9 Å². The van der Waals surface area contributed by atoms with Gasteiger partial charge in [-0.25, -0.2) is 4.68 Å². The molecule has 0 N–H and O–H groups in total. The van der Waals surface area contributed by atoms with E-state index in [0.717, 1.165) is 32.7 Å². The smallest absolute Gasteiger partial charge is 0.0835 e. The van der Waals surface area contributed by atoms with Crippen molar-refractivity contribution < 1.29 is 0 Å². The van der Waals surface area contributed by atoms with Crippen LogP contribution in [-0.4, -0.2) is 20.3 Å². The van der Waals surface area contributed by atoms with E-state index in [1.165, 1.54) is 4.70 Å². The number of benzene rings is 1. The van der Waals surface area contributed by atoms with Crippen molar-refractivity contribution in [1.29, 1.82) is 0 Å². The van der Waals surface area contributed by atoms with E-state index in [1.807, 2.05) is 23.0 Å². The highest BCUT2D eigenvalue weighted by atomic mass is 79.9. The maximum atomic E-state index is 6.42. The van der Waals surface area contributed by atoms with Gasteiger partial charge in [-0.3, -0.25) is 0 Å². The van der Waals surface area contributed by atoms with Crippen molar-refractivity contribution in [3.63, 3.8) is 0 Å². The maximum Gasteiger partial charge on any atom is 0.0835 e. The summed E-state index contributed by atoms with van der Waals surface area (Å²) >= 11 is 11.5. The lowest BCUT2D eigenvalue weighted by Gasteiger charge is -1.97. The molecule has 0 saturated heterocycles. The number of aryl methyl sites for hydroxylation is 1. The Bertz CT molecular complexity index is 707. The van der Waals surface area contributed by atoms with E-state index >= 15 is 0 Å². The molecule has 3 rings (SSSR count). The molecule has 19 heavy (non-hydrogen) atoms. The van der Waals surface area contributed by atoms with Crippen LogP contribution in [0.3, 0.4) is 0 Å². The SMILES string of the molecule is Clc1c(Cn2cc(CCBr)nn2)sc2ccccc12. The monoisotopic (exact) mass is 355 g/mol. The van der Waals surface area contributed by atoms with E-state index < -0.39 is 0 Å². The van der Waals surface area contributed by atoms with Crippen LogP contribution in [-0.2, 0) is 13.0 Å². The summed E-state index contributed by atoms with van der Waals surface area (Å²) < 4.78 is 3.05. The molecule has 0 atom stereocenters. The Balaban J connectivity index is 1.89. The Morgan fingerprint density at radius 2 is 2.16 bits per heavy atom. The minimum absolute atomic E-state index is 0.674. The number of nitrogens with zero attached hydrogens (tertiary/aromatic N) is 3. The summed E-state index contributed by atoms with van der Waals surface area (Å²) in [6, 6.07) is 8.18. The molecule has 1 aromatic carbocycles. The summed E-state index contributed by atoms with van der Waals surface area (Å²) in [5, 5.41) is 11.1. The van der Waals surface area contributed by atoms with Gasteiger partial charge in [-0.15, -0.1) is 16.4 Å². The second-order valence-corrected chi connectivity index (χ2v) is 6.49. The molecule has 6 heteroatoms. The molecule has 0 radical (unpaired) electrons. The van der Waals surface area contributed by atoms with Crippen molar-refractivity contribution in [1.82, 2.24) is 15.0 Å². The van der Waals surface area contributed by atoms with Gasteiger partial charge in [0.05, 0.1) is 17.3 Å². The van der Waals surface area contributed by atoms with E-state index in [-0.39, 0.29) is 0 Å². The molecule has 3 nitrogen and oxygen atoms in total. The maximum absolute atomic E-state index is 6.42. The zero-order valence-electron chi connectivity index (χ0n) is 10.0. The van der Waals surface area contributed by atoms with Gasteiger partial charge in [0.1, 0.15) is 0 Å². The number of hydrogen-bond acceptors (Lipinski definition) is 3. The molecule has 98 valence electrons. The fourth-order valence-electron chi connectivity index (χ4n) is 1.94. The van der Waals surface area contributed by atoms with Crippen LogP contribution in [0.1, 0.15) is 10.6 Å². The first-order valence-corrected chi connectivity index (χ1v) is 8.20. The minimum Gasteiger partial charge on any atom is -0.247 e. The number of hydrogen-bond donors (Lipinski definition) is 0. The fraction of sp³-hybridized carbons (Fsp3) is 0.231. The normalized spacial score (nSPS) is 11.3. The lowest BCUT2D eigenvalue weighted by molar-refractivity contribution is 0.656. The molecule has 0 fully saturated rings. The first-order chi connectivity index (χ1) is 9.28. The molecule has 2 aromatic heterocycles. The van der Waals surface area contributed by atoms with Crippen LogP contribution >= 0.6 is 38.9 Å². The topological polar surface area (TPSA) is 30.7 Å². The Labute approximate surface area is 128 Å². The van der Waals surface area contributed by atoms with E-state index in [1.54, 1.807) is 11.3 Å². The first-order valence-electron chi connectivity index (χ1n) is 5.89. The molecular weight excluding hydrogens is 346 g/mol. The van der Waals surface area contributed by atoms with Gasteiger partial charge in [-0.05, 0) is 6.07 Å². The molecule has 0 aliphatic heterocycles. The van der Waals surface area contributed by atoms with Crippen molar-refractivity contribution in [2.45, 2.75) is 13.0 Å². The molecule has 0 saturated carbocycles. The second kappa shape index (κ2) is 5.61.